The third-order valence-electron chi connectivity index (χ3n) is 6.30. The van der Waals surface area contributed by atoms with Crippen LogP contribution in [0.2, 0.25) is 0 Å². The Morgan fingerprint density at radius 3 is 2.70 bits per heavy atom. The summed E-state index contributed by atoms with van der Waals surface area (Å²) < 4.78 is 28.4. The van der Waals surface area contributed by atoms with Gasteiger partial charge in [-0.2, -0.15) is 10.1 Å². The van der Waals surface area contributed by atoms with Crippen molar-refractivity contribution in [3.63, 3.8) is 0 Å². The first kappa shape index (κ1) is 24.6. The Morgan fingerprint density at radius 1 is 1.11 bits per heavy atom. The lowest BCUT2D eigenvalue weighted by Crippen LogP contribution is -2.45. The van der Waals surface area contributed by atoms with Gasteiger partial charge >= 0.3 is 0 Å². The molecule has 1 N–H and O–H groups in total. The number of likely N-dealkylation sites (N-methyl/N-ethyl adjacent to an activating group) is 1. The number of ether oxygens (including phenoxy) is 2. The monoisotopic (exact) mass is 505 g/mol. The van der Waals surface area contributed by atoms with Gasteiger partial charge in [-0.05, 0) is 38.2 Å². The van der Waals surface area contributed by atoms with E-state index in [2.05, 4.69) is 37.2 Å². The van der Waals surface area contributed by atoms with Gasteiger partial charge in [0.1, 0.15) is 29.9 Å². The molecule has 5 rings (SSSR count). The Labute approximate surface area is 213 Å². The van der Waals surface area contributed by atoms with Crippen LogP contribution in [0.3, 0.4) is 0 Å². The number of nitrogens with one attached hydrogen (secondary N) is 1. The van der Waals surface area contributed by atoms with Crippen molar-refractivity contribution in [2.24, 2.45) is 0 Å². The molecule has 37 heavy (non-hydrogen) atoms. The van der Waals surface area contributed by atoms with Crippen molar-refractivity contribution in [3.8, 4) is 17.4 Å². The van der Waals surface area contributed by atoms with Crippen LogP contribution < -0.4 is 14.8 Å². The SMILES string of the molecule is Cc1c(OCCN2CCN(C)CC2)cn2ncnc(Oc3ccc(NC(=O)c4ccccn4)cc3F)c12. The zero-order chi connectivity index (χ0) is 25.8. The molecule has 10 nitrogen and oxygen atoms in total. The van der Waals surface area contributed by atoms with Crippen molar-refractivity contribution in [2.45, 2.75) is 6.92 Å². The predicted molar refractivity (Wildman–Crippen MR) is 136 cm³/mol. The second-order valence-electron chi connectivity index (χ2n) is 8.89. The average molecular weight is 506 g/mol. The van der Waals surface area contributed by atoms with Crippen LogP contribution in [0.15, 0.2) is 55.1 Å². The van der Waals surface area contributed by atoms with Crippen molar-refractivity contribution in [1.82, 2.24) is 29.4 Å². The van der Waals surface area contributed by atoms with E-state index in [0.29, 0.717) is 17.9 Å². The van der Waals surface area contributed by atoms with Crippen LogP contribution in [0, 0.1) is 12.7 Å². The number of hydrogen-bond donors (Lipinski definition) is 1. The molecule has 1 fully saturated rings. The number of hydrogen-bond acceptors (Lipinski definition) is 8. The molecule has 1 saturated heterocycles. The van der Waals surface area contributed by atoms with E-state index < -0.39 is 11.7 Å². The zero-order valence-electron chi connectivity index (χ0n) is 20.7. The van der Waals surface area contributed by atoms with E-state index in [1.54, 1.807) is 35.0 Å². The maximum atomic E-state index is 14.9. The van der Waals surface area contributed by atoms with Crippen molar-refractivity contribution in [3.05, 3.63) is 72.2 Å². The molecule has 3 aromatic heterocycles. The van der Waals surface area contributed by atoms with Crippen LogP contribution in [0.25, 0.3) is 5.52 Å². The van der Waals surface area contributed by atoms with E-state index in [9.17, 15) is 9.18 Å². The minimum absolute atomic E-state index is 0.0328. The summed E-state index contributed by atoms with van der Waals surface area (Å²) in [6, 6.07) is 9.17. The fraction of sp³-hybridized carbons (Fsp3) is 0.308. The molecule has 0 radical (unpaired) electrons. The van der Waals surface area contributed by atoms with Crippen LogP contribution in [0.5, 0.6) is 17.4 Å². The first-order chi connectivity index (χ1) is 18.0. The Bertz CT molecular complexity index is 1390. The van der Waals surface area contributed by atoms with E-state index in [4.69, 9.17) is 9.47 Å². The number of piperazine rings is 1. The molecule has 1 amide bonds. The van der Waals surface area contributed by atoms with Crippen LogP contribution in [0.4, 0.5) is 10.1 Å². The number of halogens is 1. The number of amides is 1. The molecule has 0 aliphatic carbocycles. The van der Waals surface area contributed by atoms with Gasteiger partial charge in [0.25, 0.3) is 5.91 Å². The maximum Gasteiger partial charge on any atom is 0.274 e. The molecule has 11 heteroatoms. The van der Waals surface area contributed by atoms with E-state index in [0.717, 1.165) is 38.3 Å². The molecule has 4 heterocycles. The molecule has 4 aromatic rings. The number of anilines is 1. The van der Waals surface area contributed by atoms with Gasteiger partial charge in [0.15, 0.2) is 11.6 Å². The van der Waals surface area contributed by atoms with E-state index in [-0.39, 0.29) is 23.0 Å². The molecule has 192 valence electrons. The molecule has 1 aliphatic rings. The van der Waals surface area contributed by atoms with Gasteiger partial charge < -0.3 is 19.7 Å². The minimum Gasteiger partial charge on any atom is -0.490 e. The highest BCUT2D eigenvalue weighted by Crippen LogP contribution is 2.33. The van der Waals surface area contributed by atoms with Crippen LogP contribution in [-0.2, 0) is 0 Å². The normalized spacial score (nSPS) is 14.6. The number of fused-ring (bicyclic) bond motifs is 1. The van der Waals surface area contributed by atoms with Gasteiger partial charge in [-0.25, -0.2) is 8.91 Å². The summed E-state index contributed by atoms with van der Waals surface area (Å²) in [6.07, 6.45) is 4.63. The summed E-state index contributed by atoms with van der Waals surface area (Å²) in [5, 5.41) is 6.88. The van der Waals surface area contributed by atoms with Gasteiger partial charge in [0.05, 0.1) is 6.20 Å². The molecule has 0 saturated carbocycles. The zero-order valence-corrected chi connectivity index (χ0v) is 20.7. The lowest BCUT2D eigenvalue weighted by Gasteiger charge is -2.32. The minimum atomic E-state index is -0.650. The highest BCUT2D eigenvalue weighted by molar-refractivity contribution is 6.02. The molecular formula is C26H28FN7O3. The topological polar surface area (TPSA) is 97.1 Å². The Hall–Kier alpha value is -4.09. The summed E-state index contributed by atoms with van der Waals surface area (Å²) in [4.78, 5) is 25.2. The molecular weight excluding hydrogens is 477 g/mol. The fourth-order valence-electron chi connectivity index (χ4n) is 4.14. The Balaban J connectivity index is 1.27. The predicted octanol–water partition coefficient (Wildman–Crippen LogP) is 3.24. The molecule has 0 atom stereocenters. The van der Waals surface area contributed by atoms with Gasteiger partial charge in [-0.1, -0.05) is 6.07 Å². The molecule has 0 spiro atoms. The highest BCUT2D eigenvalue weighted by Gasteiger charge is 2.18. The second-order valence-corrected chi connectivity index (χ2v) is 8.89. The Morgan fingerprint density at radius 2 is 1.95 bits per heavy atom. The number of carbonyl (C=O) groups is 1. The number of pyridine rings is 1. The smallest absolute Gasteiger partial charge is 0.274 e. The van der Waals surface area contributed by atoms with Crippen molar-refractivity contribution in [1.29, 1.82) is 0 Å². The number of rotatable bonds is 8. The van der Waals surface area contributed by atoms with Gasteiger partial charge in [0, 0.05) is 56.2 Å². The summed E-state index contributed by atoms with van der Waals surface area (Å²) in [7, 11) is 2.13. The first-order valence-corrected chi connectivity index (χ1v) is 12.0. The summed E-state index contributed by atoms with van der Waals surface area (Å²) in [6.45, 7) is 7.44. The molecule has 0 bridgehead atoms. The molecule has 1 aliphatic heterocycles. The lowest BCUT2D eigenvalue weighted by molar-refractivity contribution is 0.102. The first-order valence-electron chi connectivity index (χ1n) is 12.0. The van der Waals surface area contributed by atoms with Gasteiger partial charge in [-0.15, -0.1) is 0 Å². The number of benzene rings is 1. The second kappa shape index (κ2) is 10.9. The van der Waals surface area contributed by atoms with Crippen LogP contribution in [-0.4, -0.2) is 81.7 Å². The number of nitrogens with zero attached hydrogens (tertiary/aromatic N) is 6. The van der Waals surface area contributed by atoms with Crippen LogP contribution >= 0.6 is 0 Å². The lowest BCUT2D eigenvalue weighted by atomic mass is 10.2. The molecule has 1 aromatic carbocycles. The van der Waals surface area contributed by atoms with E-state index in [1.165, 1.54) is 24.7 Å². The summed E-state index contributed by atoms with van der Waals surface area (Å²) in [5.41, 5.74) is 1.90. The van der Waals surface area contributed by atoms with E-state index in [1.807, 2.05) is 6.92 Å². The van der Waals surface area contributed by atoms with Crippen molar-refractivity contribution < 1.29 is 18.7 Å². The fourth-order valence-corrected chi connectivity index (χ4v) is 4.14. The molecule has 0 unspecified atom stereocenters. The van der Waals surface area contributed by atoms with Crippen molar-refractivity contribution in [2.75, 3.05) is 51.7 Å². The number of carbonyl (C=O) groups excluding carboxylic acids is 1. The standard InChI is InChI=1S/C26H28FN7O3/c1-18-23(36-14-13-33-11-9-32(2)10-12-33)16-34-24(18)26(29-17-30-34)37-22-7-6-19(15-20(22)27)31-25(35)21-5-3-4-8-28-21/h3-8,15-17H,9-14H2,1-2H3,(H,31,35). The summed E-state index contributed by atoms with van der Waals surface area (Å²) in [5.74, 6) is -0.244. The van der Waals surface area contributed by atoms with Crippen molar-refractivity contribution >= 4 is 17.1 Å². The largest absolute Gasteiger partial charge is 0.490 e. The quantitative estimate of drug-likeness (QED) is 0.390. The maximum absolute atomic E-state index is 14.9. The average Bonchev–Trinajstić information content (AvgIpc) is 3.23. The number of aryl methyl sites for hydroxylation is 1. The highest BCUT2D eigenvalue weighted by atomic mass is 19.1. The van der Waals surface area contributed by atoms with Gasteiger partial charge in [-0.3, -0.25) is 14.7 Å². The number of aromatic nitrogens is 4. The third kappa shape index (κ3) is 5.68. The van der Waals surface area contributed by atoms with Gasteiger partial charge in [0.2, 0.25) is 5.88 Å². The third-order valence-corrected chi connectivity index (χ3v) is 6.30. The Kier molecular flexibility index (Phi) is 7.24. The van der Waals surface area contributed by atoms with Crippen LogP contribution in [0.1, 0.15) is 16.1 Å². The summed E-state index contributed by atoms with van der Waals surface area (Å²) >= 11 is 0. The van der Waals surface area contributed by atoms with E-state index >= 15 is 0 Å².